The van der Waals surface area contributed by atoms with Crippen LogP contribution in [0.15, 0.2) is 247 Å². The number of hydrogen-bond acceptors (Lipinski definition) is 4. The Morgan fingerprint density at radius 1 is 0.309 bits per heavy atom. The zero-order valence-corrected chi connectivity index (χ0v) is 37.6. The fraction of sp³-hybridized carbons (Fsp3) is 0. The molecule has 0 bridgehead atoms. The summed E-state index contributed by atoms with van der Waals surface area (Å²) in [4.78, 5) is 4.79. The minimum atomic E-state index is 0.871. The molecule has 14 rings (SSSR count). The first kappa shape index (κ1) is 38.6. The van der Waals surface area contributed by atoms with Crippen LogP contribution >= 0.6 is 11.3 Å². The average Bonchev–Trinajstić information content (AvgIpc) is 3.98. The molecule has 0 unspecified atom stereocenters. The molecule has 68 heavy (non-hydrogen) atoms. The van der Waals surface area contributed by atoms with Crippen molar-refractivity contribution in [2.24, 2.45) is 0 Å². The summed E-state index contributed by atoms with van der Waals surface area (Å²) in [6.07, 6.45) is 0. The van der Waals surface area contributed by atoms with Gasteiger partial charge in [0, 0.05) is 59.3 Å². The number of anilines is 6. The zero-order valence-electron chi connectivity index (χ0n) is 36.8. The van der Waals surface area contributed by atoms with Gasteiger partial charge in [0.05, 0.1) is 11.4 Å². The SMILES string of the molecule is c1ccc(-c2ccccc2N(c2ccc3sc4ccccc4c3c2)c2ccc3c(c2)c2ccccc2c2c4ccc(N(c5ccccc5)c5cccc6c5oc5ccccc56)cc4ccc32)cc1. The number of hydrogen-bond donors (Lipinski definition) is 0. The van der Waals surface area contributed by atoms with Crippen LogP contribution in [-0.2, 0) is 0 Å². The summed E-state index contributed by atoms with van der Waals surface area (Å²) >= 11 is 1.85. The van der Waals surface area contributed by atoms with Crippen LogP contribution in [0.2, 0.25) is 0 Å². The van der Waals surface area contributed by atoms with Crippen LogP contribution in [0.3, 0.4) is 0 Å². The summed E-state index contributed by atoms with van der Waals surface area (Å²) in [5.74, 6) is 0. The summed E-state index contributed by atoms with van der Waals surface area (Å²) < 4.78 is 9.22. The van der Waals surface area contributed by atoms with Gasteiger partial charge >= 0.3 is 0 Å². The standard InChI is InChI=1S/C64H40N2OS/c1-3-16-41(17-4-1)47-20-9-12-26-58(47)66(46-33-37-62-57(40-46)52-23-11-14-29-61(52)68-62)45-32-36-50-54-34-30-42-38-44(31-35-48(42)63(54)53-24-8-7-21-49(53)56(50)39-45)65(43-18-5-2-6-19-43)59-27-15-25-55-51-22-10-13-28-60(51)67-64(55)59/h1-40H. The third-order valence-corrected chi connectivity index (χ3v) is 14.9. The first-order valence-corrected chi connectivity index (χ1v) is 24.0. The normalized spacial score (nSPS) is 11.8. The van der Waals surface area contributed by atoms with E-state index in [1.54, 1.807) is 0 Å². The molecule has 0 fully saturated rings. The number of rotatable bonds is 7. The summed E-state index contributed by atoms with van der Waals surface area (Å²) in [7, 11) is 0. The van der Waals surface area contributed by atoms with Crippen LogP contribution in [-0.4, -0.2) is 0 Å². The molecule has 0 saturated carbocycles. The van der Waals surface area contributed by atoms with E-state index in [4.69, 9.17) is 4.42 Å². The third kappa shape index (κ3) is 6.05. The molecule has 12 aromatic carbocycles. The average molecular weight is 885 g/mol. The Balaban J connectivity index is 0.967. The van der Waals surface area contributed by atoms with E-state index in [2.05, 4.69) is 246 Å². The molecule has 2 aromatic heterocycles. The molecule has 0 aliphatic carbocycles. The number of furan rings is 1. The Labute approximate surface area is 396 Å². The van der Waals surface area contributed by atoms with Crippen molar-refractivity contribution in [3.05, 3.63) is 243 Å². The van der Waals surface area contributed by atoms with Gasteiger partial charge in [0.2, 0.25) is 0 Å². The third-order valence-electron chi connectivity index (χ3n) is 13.8. The van der Waals surface area contributed by atoms with Gasteiger partial charge < -0.3 is 14.2 Å². The molecule has 0 saturated heterocycles. The lowest BCUT2D eigenvalue weighted by molar-refractivity contribution is 0.669. The second-order valence-corrected chi connectivity index (χ2v) is 18.7. The molecular formula is C64H40N2OS. The van der Waals surface area contributed by atoms with E-state index in [9.17, 15) is 0 Å². The van der Waals surface area contributed by atoms with E-state index >= 15 is 0 Å². The second kappa shape index (κ2) is 15.5. The van der Waals surface area contributed by atoms with Crippen molar-refractivity contribution in [1.29, 1.82) is 0 Å². The molecule has 318 valence electrons. The van der Waals surface area contributed by atoms with Crippen LogP contribution < -0.4 is 9.80 Å². The predicted octanol–water partition coefficient (Wildman–Crippen LogP) is 19.2. The van der Waals surface area contributed by atoms with E-state index in [0.29, 0.717) is 0 Å². The summed E-state index contributed by atoms with van der Waals surface area (Å²) in [6.45, 7) is 0. The summed E-state index contributed by atoms with van der Waals surface area (Å²) in [6, 6.07) is 88.3. The van der Waals surface area contributed by atoms with Gasteiger partial charge in [-0.3, -0.25) is 0 Å². The molecular weight excluding hydrogens is 845 g/mol. The minimum Gasteiger partial charge on any atom is -0.454 e. The molecule has 14 aromatic rings. The summed E-state index contributed by atoms with van der Waals surface area (Å²) in [5.41, 5.74) is 10.6. The van der Waals surface area contributed by atoms with Gasteiger partial charge in [-0.15, -0.1) is 11.3 Å². The number of thiophene rings is 1. The molecule has 0 N–H and O–H groups in total. The second-order valence-electron chi connectivity index (χ2n) is 17.6. The van der Waals surface area contributed by atoms with Gasteiger partial charge in [0.1, 0.15) is 5.58 Å². The largest absolute Gasteiger partial charge is 0.454 e. The van der Waals surface area contributed by atoms with Crippen LogP contribution in [0.5, 0.6) is 0 Å². The molecule has 0 aliphatic rings. The molecule has 0 radical (unpaired) electrons. The van der Waals surface area contributed by atoms with Crippen molar-refractivity contribution >= 4 is 131 Å². The lowest BCUT2D eigenvalue weighted by Crippen LogP contribution is -2.11. The Kier molecular flexibility index (Phi) is 8.76. The number of para-hydroxylation sites is 4. The topological polar surface area (TPSA) is 19.6 Å². The Morgan fingerprint density at radius 3 is 1.72 bits per heavy atom. The van der Waals surface area contributed by atoms with Gasteiger partial charge in [-0.05, 0) is 128 Å². The van der Waals surface area contributed by atoms with E-state index in [1.807, 2.05) is 17.4 Å². The van der Waals surface area contributed by atoms with Crippen molar-refractivity contribution in [3.63, 3.8) is 0 Å². The van der Waals surface area contributed by atoms with Gasteiger partial charge in [0.15, 0.2) is 5.58 Å². The van der Waals surface area contributed by atoms with Crippen molar-refractivity contribution in [3.8, 4) is 11.1 Å². The minimum absolute atomic E-state index is 0.871. The number of fused-ring (bicyclic) bond motifs is 14. The van der Waals surface area contributed by atoms with Crippen molar-refractivity contribution < 1.29 is 4.42 Å². The molecule has 0 spiro atoms. The van der Waals surface area contributed by atoms with Crippen LogP contribution in [0.4, 0.5) is 34.1 Å². The highest BCUT2D eigenvalue weighted by atomic mass is 32.1. The van der Waals surface area contributed by atoms with E-state index in [0.717, 1.165) is 56.1 Å². The maximum atomic E-state index is 6.63. The molecule has 3 nitrogen and oxygen atoms in total. The summed E-state index contributed by atoms with van der Waals surface area (Å²) in [5, 5.41) is 14.6. The van der Waals surface area contributed by atoms with Gasteiger partial charge in [-0.1, -0.05) is 164 Å². The van der Waals surface area contributed by atoms with Gasteiger partial charge in [-0.25, -0.2) is 0 Å². The van der Waals surface area contributed by atoms with E-state index in [1.165, 1.54) is 74.4 Å². The van der Waals surface area contributed by atoms with E-state index in [-0.39, 0.29) is 0 Å². The number of benzene rings is 12. The fourth-order valence-corrected chi connectivity index (χ4v) is 11.8. The Hall–Kier alpha value is -8.70. The first-order chi connectivity index (χ1) is 33.7. The Bertz CT molecular complexity index is 4270. The lowest BCUT2D eigenvalue weighted by atomic mass is 9.90. The Morgan fingerprint density at radius 2 is 0.868 bits per heavy atom. The highest BCUT2D eigenvalue weighted by Gasteiger charge is 2.23. The maximum absolute atomic E-state index is 6.63. The molecule has 4 heteroatoms. The predicted molar refractivity (Wildman–Crippen MR) is 291 cm³/mol. The maximum Gasteiger partial charge on any atom is 0.159 e. The van der Waals surface area contributed by atoms with Crippen LogP contribution in [0, 0.1) is 0 Å². The quantitative estimate of drug-likeness (QED) is 0.149. The highest BCUT2D eigenvalue weighted by molar-refractivity contribution is 7.25. The molecule has 0 aliphatic heterocycles. The van der Waals surface area contributed by atoms with Crippen molar-refractivity contribution in [2.45, 2.75) is 0 Å². The monoisotopic (exact) mass is 884 g/mol. The molecule has 0 amide bonds. The highest BCUT2D eigenvalue weighted by Crippen LogP contribution is 2.48. The fourth-order valence-electron chi connectivity index (χ4n) is 10.8. The molecule has 2 heterocycles. The smallest absolute Gasteiger partial charge is 0.159 e. The first-order valence-electron chi connectivity index (χ1n) is 23.2. The number of nitrogens with zero attached hydrogens (tertiary/aromatic N) is 2. The van der Waals surface area contributed by atoms with Crippen molar-refractivity contribution in [2.75, 3.05) is 9.80 Å². The van der Waals surface area contributed by atoms with Gasteiger partial charge in [-0.2, -0.15) is 0 Å². The zero-order chi connectivity index (χ0) is 44.7. The van der Waals surface area contributed by atoms with E-state index < -0.39 is 0 Å². The molecule has 0 atom stereocenters. The van der Waals surface area contributed by atoms with Gasteiger partial charge in [0.25, 0.3) is 0 Å². The van der Waals surface area contributed by atoms with Crippen LogP contribution in [0.1, 0.15) is 0 Å². The van der Waals surface area contributed by atoms with Crippen LogP contribution in [0.25, 0.3) is 96.3 Å². The van der Waals surface area contributed by atoms with Crippen molar-refractivity contribution in [1.82, 2.24) is 0 Å². The lowest BCUT2D eigenvalue weighted by Gasteiger charge is -2.28.